The maximum Gasteiger partial charge on any atom is 0.0713 e. The van der Waals surface area contributed by atoms with E-state index in [-0.39, 0.29) is 5.60 Å². The first kappa shape index (κ1) is 14.7. The molecule has 0 bridgehead atoms. The lowest BCUT2D eigenvalue weighted by Gasteiger charge is -2.43. The molecule has 0 amide bonds. The van der Waals surface area contributed by atoms with Gasteiger partial charge in [0.05, 0.1) is 5.60 Å². The van der Waals surface area contributed by atoms with Gasteiger partial charge in [0, 0.05) is 12.6 Å². The number of thioether (sulfide) groups is 1. The molecule has 1 unspecified atom stereocenters. The number of hydrogen-bond acceptors (Lipinski definition) is 3. The monoisotopic (exact) mass is 271 g/mol. The second-order valence-corrected chi connectivity index (χ2v) is 8.32. The van der Waals surface area contributed by atoms with E-state index in [9.17, 15) is 0 Å². The Labute approximate surface area is 117 Å². The highest BCUT2D eigenvalue weighted by Crippen LogP contribution is 2.37. The Morgan fingerprint density at radius 2 is 2.00 bits per heavy atom. The molecule has 0 aromatic rings. The second-order valence-electron chi connectivity index (χ2n) is 7.10. The Morgan fingerprint density at radius 3 is 2.67 bits per heavy atom. The lowest BCUT2D eigenvalue weighted by atomic mass is 9.85. The molecule has 2 nitrogen and oxygen atoms in total. The third kappa shape index (κ3) is 4.43. The molecule has 2 aliphatic rings. The van der Waals surface area contributed by atoms with E-state index in [1.165, 1.54) is 43.6 Å². The number of nitrogens with one attached hydrogen (secondary N) is 1. The first-order chi connectivity index (χ1) is 8.49. The SMILES string of the molecule is CC(C)(C)CCNC1CCOC2(CCSCC2)C1. The van der Waals surface area contributed by atoms with Gasteiger partial charge in [0.15, 0.2) is 0 Å². The highest BCUT2D eigenvalue weighted by Gasteiger charge is 2.38. The summed E-state index contributed by atoms with van der Waals surface area (Å²) in [4.78, 5) is 0. The molecule has 0 aliphatic carbocycles. The van der Waals surface area contributed by atoms with Gasteiger partial charge in [-0.2, -0.15) is 11.8 Å². The number of ether oxygens (including phenoxy) is 1. The maximum absolute atomic E-state index is 6.13. The normalized spacial score (nSPS) is 28.5. The van der Waals surface area contributed by atoms with Crippen molar-refractivity contribution in [2.45, 2.75) is 64.5 Å². The van der Waals surface area contributed by atoms with Crippen molar-refractivity contribution in [1.82, 2.24) is 5.32 Å². The Kier molecular flexibility index (Phi) is 5.01. The van der Waals surface area contributed by atoms with Gasteiger partial charge in [-0.1, -0.05) is 20.8 Å². The van der Waals surface area contributed by atoms with Gasteiger partial charge in [0.25, 0.3) is 0 Å². The largest absolute Gasteiger partial charge is 0.375 e. The van der Waals surface area contributed by atoms with Crippen LogP contribution in [0.4, 0.5) is 0 Å². The summed E-state index contributed by atoms with van der Waals surface area (Å²) in [6.45, 7) is 9.06. The van der Waals surface area contributed by atoms with Crippen LogP contribution in [0.5, 0.6) is 0 Å². The van der Waals surface area contributed by atoms with Crippen molar-refractivity contribution >= 4 is 11.8 Å². The van der Waals surface area contributed by atoms with Crippen LogP contribution < -0.4 is 5.32 Å². The van der Waals surface area contributed by atoms with E-state index >= 15 is 0 Å². The Hall–Kier alpha value is 0.270. The van der Waals surface area contributed by atoms with Gasteiger partial charge in [-0.3, -0.25) is 0 Å². The van der Waals surface area contributed by atoms with Crippen LogP contribution in [0.25, 0.3) is 0 Å². The van der Waals surface area contributed by atoms with E-state index in [0.29, 0.717) is 11.5 Å². The molecule has 1 N–H and O–H groups in total. The topological polar surface area (TPSA) is 21.3 Å². The third-order valence-electron chi connectivity index (χ3n) is 4.21. The minimum absolute atomic E-state index is 0.225. The fourth-order valence-corrected chi connectivity index (χ4v) is 4.18. The minimum Gasteiger partial charge on any atom is -0.375 e. The van der Waals surface area contributed by atoms with Crippen molar-refractivity contribution in [3.05, 3.63) is 0 Å². The first-order valence-electron chi connectivity index (χ1n) is 7.44. The van der Waals surface area contributed by atoms with E-state index < -0.39 is 0 Å². The molecular weight excluding hydrogens is 242 g/mol. The molecule has 0 aromatic heterocycles. The van der Waals surface area contributed by atoms with Gasteiger partial charge in [-0.25, -0.2) is 0 Å². The molecule has 0 saturated carbocycles. The van der Waals surface area contributed by atoms with E-state index in [4.69, 9.17) is 4.74 Å². The maximum atomic E-state index is 6.13. The molecule has 0 aromatic carbocycles. The summed E-state index contributed by atoms with van der Waals surface area (Å²) in [5.41, 5.74) is 0.667. The van der Waals surface area contributed by atoms with Crippen LogP contribution >= 0.6 is 11.8 Å². The van der Waals surface area contributed by atoms with Crippen molar-refractivity contribution in [2.24, 2.45) is 5.41 Å². The van der Waals surface area contributed by atoms with Gasteiger partial charge in [-0.05, 0) is 55.6 Å². The van der Waals surface area contributed by atoms with Crippen LogP contribution in [-0.4, -0.2) is 36.3 Å². The zero-order chi connectivity index (χ0) is 13.1. The summed E-state index contributed by atoms with van der Waals surface area (Å²) in [5, 5.41) is 3.76. The molecule has 0 radical (unpaired) electrons. The molecule has 1 spiro atoms. The van der Waals surface area contributed by atoms with E-state index in [0.717, 1.165) is 13.2 Å². The van der Waals surface area contributed by atoms with Crippen molar-refractivity contribution in [2.75, 3.05) is 24.7 Å². The Morgan fingerprint density at radius 1 is 1.28 bits per heavy atom. The third-order valence-corrected chi connectivity index (χ3v) is 5.19. The minimum atomic E-state index is 0.225. The predicted molar refractivity (Wildman–Crippen MR) is 80.3 cm³/mol. The van der Waals surface area contributed by atoms with Crippen LogP contribution in [-0.2, 0) is 4.74 Å². The zero-order valence-electron chi connectivity index (χ0n) is 12.3. The van der Waals surface area contributed by atoms with Crippen LogP contribution in [0.15, 0.2) is 0 Å². The van der Waals surface area contributed by atoms with E-state index in [2.05, 4.69) is 37.8 Å². The van der Waals surface area contributed by atoms with Gasteiger partial charge < -0.3 is 10.1 Å². The predicted octanol–water partition coefficient (Wildman–Crippen LogP) is 3.46. The lowest BCUT2D eigenvalue weighted by molar-refractivity contribution is -0.0932. The average molecular weight is 271 g/mol. The van der Waals surface area contributed by atoms with Crippen LogP contribution in [0.1, 0.15) is 52.9 Å². The fourth-order valence-electron chi connectivity index (χ4n) is 2.95. The summed E-state index contributed by atoms with van der Waals surface area (Å²) in [6, 6.07) is 0.684. The van der Waals surface area contributed by atoms with Crippen molar-refractivity contribution < 1.29 is 4.74 Å². The summed E-state index contributed by atoms with van der Waals surface area (Å²) in [7, 11) is 0. The highest BCUT2D eigenvalue weighted by atomic mass is 32.2. The van der Waals surface area contributed by atoms with Gasteiger partial charge >= 0.3 is 0 Å². The molecule has 2 fully saturated rings. The summed E-state index contributed by atoms with van der Waals surface area (Å²) < 4.78 is 6.13. The summed E-state index contributed by atoms with van der Waals surface area (Å²) in [5.74, 6) is 2.57. The van der Waals surface area contributed by atoms with Crippen LogP contribution in [0.3, 0.4) is 0 Å². The Bertz CT molecular complexity index is 250. The Balaban J connectivity index is 1.76. The molecular formula is C15H29NOS. The molecule has 18 heavy (non-hydrogen) atoms. The molecule has 106 valence electrons. The molecule has 2 heterocycles. The van der Waals surface area contributed by atoms with Crippen LogP contribution in [0, 0.1) is 5.41 Å². The molecule has 2 rings (SSSR count). The highest BCUT2D eigenvalue weighted by molar-refractivity contribution is 7.99. The lowest BCUT2D eigenvalue weighted by Crippen LogP contribution is -2.49. The smallest absolute Gasteiger partial charge is 0.0713 e. The molecule has 1 atom stereocenters. The van der Waals surface area contributed by atoms with E-state index in [1.54, 1.807) is 0 Å². The van der Waals surface area contributed by atoms with Gasteiger partial charge in [0.2, 0.25) is 0 Å². The van der Waals surface area contributed by atoms with Crippen molar-refractivity contribution in [1.29, 1.82) is 0 Å². The summed E-state index contributed by atoms with van der Waals surface area (Å²) >= 11 is 2.08. The number of hydrogen-bond donors (Lipinski definition) is 1. The number of rotatable bonds is 3. The fraction of sp³-hybridized carbons (Fsp3) is 1.00. The van der Waals surface area contributed by atoms with Crippen LogP contribution in [0.2, 0.25) is 0 Å². The quantitative estimate of drug-likeness (QED) is 0.849. The van der Waals surface area contributed by atoms with Gasteiger partial charge in [0.1, 0.15) is 0 Å². The molecule has 2 saturated heterocycles. The first-order valence-corrected chi connectivity index (χ1v) is 8.60. The van der Waals surface area contributed by atoms with E-state index in [1.807, 2.05) is 0 Å². The van der Waals surface area contributed by atoms with Gasteiger partial charge in [-0.15, -0.1) is 0 Å². The average Bonchev–Trinajstić information content (AvgIpc) is 2.28. The van der Waals surface area contributed by atoms with Crippen molar-refractivity contribution in [3.8, 4) is 0 Å². The summed E-state index contributed by atoms with van der Waals surface area (Å²) in [6.07, 6.45) is 6.20. The molecule has 2 aliphatic heterocycles. The standard InChI is InChI=1S/C15H29NOS/c1-14(2,3)5-8-16-13-4-9-17-15(12-13)6-10-18-11-7-15/h13,16H,4-12H2,1-3H3. The van der Waals surface area contributed by atoms with Crippen molar-refractivity contribution in [3.63, 3.8) is 0 Å². The second kappa shape index (κ2) is 6.15. The zero-order valence-corrected chi connectivity index (χ0v) is 13.1. The molecule has 3 heteroatoms.